The summed E-state index contributed by atoms with van der Waals surface area (Å²) in [6.45, 7) is 3.27. The van der Waals surface area contributed by atoms with Crippen molar-refractivity contribution in [1.82, 2.24) is 10.6 Å². The van der Waals surface area contributed by atoms with Gasteiger partial charge in [-0.1, -0.05) is 48.0 Å². The van der Waals surface area contributed by atoms with Crippen LogP contribution in [0.2, 0.25) is 0 Å². The van der Waals surface area contributed by atoms with Crippen molar-refractivity contribution in [3.63, 3.8) is 0 Å². The van der Waals surface area contributed by atoms with Crippen LogP contribution in [0, 0.1) is 6.92 Å². The summed E-state index contributed by atoms with van der Waals surface area (Å²) in [4.78, 5) is 35.8. The molecule has 0 saturated heterocycles. The van der Waals surface area contributed by atoms with Crippen LogP contribution in [0.4, 0.5) is 0 Å². The Morgan fingerprint density at radius 2 is 1.58 bits per heavy atom. The van der Waals surface area contributed by atoms with Crippen molar-refractivity contribution in [2.45, 2.75) is 32.4 Å². The Morgan fingerprint density at radius 3 is 2.15 bits per heavy atom. The molecule has 0 aliphatic rings. The molecule has 2 aromatic carbocycles. The van der Waals surface area contributed by atoms with Crippen LogP contribution >= 0.6 is 0 Å². The number of benzene rings is 2. The van der Waals surface area contributed by atoms with Gasteiger partial charge in [-0.15, -0.1) is 0 Å². The van der Waals surface area contributed by atoms with Crippen molar-refractivity contribution in [3.05, 3.63) is 71.3 Å². The lowest BCUT2D eigenvalue weighted by Crippen LogP contribution is -2.54. The van der Waals surface area contributed by atoms with Gasteiger partial charge < -0.3 is 20.5 Å². The van der Waals surface area contributed by atoms with Crippen molar-refractivity contribution in [2.24, 2.45) is 0 Å². The van der Waals surface area contributed by atoms with Crippen LogP contribution in [0.5, 0.6) is 0 Å². The lowest BCUT2D eigenvalue weighted by Gasteiger charge is -2.22. The van der Waals surface area contributed by atoms with Crippen molar-refractivity contribution in [1.29, 1.82) is 0 Å². The normalized spacial score (nSPS) is 12.7. The Morgan fingerprint density at radius 1 is 0.962 bits per heavy atom. The Bertz CT molecular complexity index is 772. The molecule has 0 saturated carbocycles. The molecule has 2 N–H and O–H groups in total. The predicted octanol–water partition coefficient (Wildman–Crippen LogP) is 0.591. The fraction of sp³-hybridized carbons (Fsp3) is 0.250. The van der Waals surface area contributed by atoms with Crippen LogP contribution in [0.25, 0.3) is 0 Å². The summed E-state index contributed by atoms with van der Waals surface area (Å²) in [5.74, 6) is -2.37. The van der Waals surface area contributed by atoms with Gasteiger partial charge in [0.1, 0.15) is 6.04 Å². The van der Waals surface area contributed by atoms with Gasteiger partial charge in [0.2, 0.25) is 5.91 Å². The average molecular weight is 353 g/mol. The van der Waals surface area contributed by atoms with Crippen LogP contribution in [-0.2, 0) is 16.0 Å². The number of rotatable bonds is 7. The van der Waals surface area contributed by atoms with Crippen LogP contribution in [-0.4, -0.2) is 29.9 Å². The number of aliphatic carboxylic acids is 1. The zero-order chi connectivity index (χ0) is 19.1. The van der Waals surface area contributed by atoms with Crippen LogP contribution in [0.3, 0.4) is 0 Å². The number of carbonyl (C=O) groups excluding carboxylic acids is 3. The zero-order valence-electron chi connectivity index (χ0n) is 14.7. The number of carbonyl (C=O) groups is 3. The average Bonchev–Trinajstić information content (AvgIpc) is 2.63. The van der Waals surface area contributed by atoms with Crippen LogP contribution in [0.15, 0.2) is 54.6 Å². The van der Waals surface area contributed by atoms with E-state index in [2.05, 4.69) is 10.6 Å². The van der Waals surface area contributed by atoms with E-state index in [0.29, 0.717) is 5.56 Å². The van der Waals surface area contributed by atoms with Gasteiger partial charge in [-0.25, -0.2) is 0 Å². The number of hydrogen-bond acceptors (Lipinski definition) is 4. The first-order chi connectivity index (χ1) is 12.4. The second kappa shape index (κ2) is 8.80. The lowest BCUT2D eigenvalue weighted by atomic mass is 10.0. The van der Waals surface area contributed by atoms with E-state index in [9.17, 15) is 19.5 Å². The van der Waals surface area contributed by atoms with E-state index >= 15 is 0 Å². The highest BCUT2D eigenvalue weighted by atomic mass is 16.4. The minimum atomic E-state index is -1.39. The maximum absolute atomic E-state index is 12.5. The number of carboxylic acid groups (broad SMARTS) is 1. The van der Waals surface area contributed by atoms with Gasteiger partial charge in [-0.05, 0) is 31.5 Å². The molecule has 0 spiro atoms. The SMILES string of the molecule is Cc1ccc(C[C@@H](NC(=O)c2ccccc2)C(=O)N[C@@H](C)C(=O)[O-])cc1. The molecule has 2 atom stereocenters. The minimum absolute atomic E-state index is 0.241. The number of hydrogen-bond donors (Lipinski definition) is 2. The third kappa shape index (κ3) is 5.44. The van der Waals surface area contributed by atoms with Gasteiger partial charge in [-0.2, -0.15) is 0 Å². The highest BCUT2D eigenvalue weighted by Gasteiger charge is 2.23. The van der Waals surface area contributed by atoms with Crippen molar-refractivity contribution >= 4 is 17.8 Å². The molecule has 26 heavy (non-hydrogen) atoms. The summed E-state index contributed by atoms with van der Waals surface area (Å²) in [5.41, 5.74) is 2.35. The van der Waals surface area contributed by atoms with E-state index < -0.39 is 29.9 Å². The summed E-state index contributed by atoms with van der Waals surface area (Å²) >= 11 is 0. The minimum Gasteiger partial charge on any atom is -0.548 e. The van der Waals surface area contributed by atoms with E-state index in [-0.39, 0.29) is 6.42 Å². The second-order valence-corrected chi connectivity index (χ2v) is 6.13. The molecule has 0 fully saturated rings. The summed E-state index contributed by atoms with van der Waals surface area (Å²) in [6.07, 6.45) is 0.241. The van der Waals surface area contributed by atoms with Gasteiger partial charge in [0, 0.05) is 12.0 Å². The summed E-state index contributed by atoms with van der Waals surface area (Å²) in [7, 11) is 0. The van der Waals surface area contributed by atoms with Gasteiger partial charge in [-0.3, -0.25) is 9.59 Å². The topological polar surface area (TPSA) is 98.3 Å². The van der Waals surface area contributed by atoms with Gasteiger partial charge >= 0.3 is 0 Å². The molecule has 0 radical (unpaired) electrons. The highest BCUT2D eigenvalue weighted by molar-refractivity contribution is 5.98. The Balaban J connectivity index is 2.17. The number of carboxylic acids is 1. The molecule has 0 aromatic heterocycles. The summed E-state index contributed by atoms with van der Waals surface area (Å²) in [5, 5.41) is 15.9. The molecule has 6 heteroatoms. The number of amides is 2. The monoisotopic (exact) mass is 353 g/mol. The molecule has 0 unspecified atom stereocenters. The van der Waals surface area contributed by atoms with E-state index in [0.717, 1.165) is 11.1 Å². The van der Waals surface area contributed by atoms with Gasteiger partial charge in [0.25, 0.3) is 5.91 Å². The largest absolute Gasteiger partial charge is 0.548 e. The van der Waals surface area contributed by atoms with Gasteiger partial charge in [0.15, 0.2) is 0 Å². The highest BCUT2D eigenvalue weighted by Crippen LogP contribution is 2.08. The molecule has 0 aliphatic carbocycles. The lowest BCUT2D eigenvalue weighted by molar-refractivity contribution is -0.307. The molecule has 0 heterocycles. The molecule has 136 valence electrons. The van der Waals surface area contributed by atoms with Crippen LogP contribution in [0.1, 0.15) is 28.4 Å². The van der Waals surface area contributed by atoms with Crippen molar-refractivity contribution in [2.75, 3.05) is 0 Å². The Hall–Kier alpha value is -3.15. The third-order valence-electron chi connectivity index (χ3n) is 3.93. The fourth-order valence-corrected chi connectivity index (χ4v) is 2.37. The first-order valence-electron chi connectivity index (χ1n) is 8.29. The summed E-state index contributed by atoms with van der Waals surface area (Å²) in [6, 6.07) is 14.0. The zero-order valence-corrected chi connectivity index (χ0v) is 14.7. The fourth-order valence-electron chi connectivity index (χ4n) is 2.37. The van der Waals surface area contributed by atoms with Crippen LogP contribution < -0.4 is 15.7 Å². The smallest absolute Gasteiger partial charge is 0.251 e. The maximum atomic E-state index is 12.5. The number of nitrogens with one attached hydrogen (secondary N) is 2. The first kappa shape index (κ1) is 19.2. The molecule has 2 rings (SSSR count). The Labute approximate surface area is 152 Å². The Kier molecular flexibility index (Phi) is 6.49. The van der Waals surface area contributed by atoms with E-state index in [1.807, 2.05) is 31.2 Å². The molecule has 6 nitrogen and oxygen atoms in total. The molecule has 0 bridgehead atoms. The van der Waals surface area contributed by atoms with E-state index in [4.69, 9.17) is 0 Å². The standard InChI is InChI=1S/C20H22N2O4/c1-13-8-10-15(11-9-13)12-17(19(24)21-14(2)20(25)26)22-18(23)16-6-4-3-5-7-16/h3-11,14,17H,12H2,1-2H3,(H,21,24)(H,22,23)(H,25,26)/p-1/t14-,17+/m0/s1. The second-order valence-electron chi connectivity index (χ2n) is 6.13. The van der Waals surface area contributed by atoms with E-state index in [1.54, 1.807) is 30.3 Å². The van der Waals surface area contributed by atoms with Crippen molar-refractivity contribution < 1.29 is 19.5 Å². The quantitative estimate of drug-likeness (QED) is 0.761. The molecule has 0 aliphatic heterocycles. The molecule has 2 aromatic rings. The van der Waals surface area contributed by atoms with Gasteiger partial charge in [0.05, 0.1) is 12.0 Å². The molecule has 2 amide bonds. The number of aryl methyl sites for hydroxylation is 1. The molecular weight excluding hydrogens is 332 g/mol. The summed E-state index contributed by atoms with van der Waals surface area (Å²) < 4.78 is 0. The van der Waals surface area contributed by atoms with Crippen molar-refractivity contribution in [3.8, 4) is 0 Å². The first-order valence-corrected chi connectivity index (χ1v) is 8.29. The van der Waals surface area contributed by atoms with E-state index in [1.165, 1.54) is 6.92 Å². The molecular formula is C20H21N2O4-. The predicted molar refractivity (Wildman–Crippen MR) is 95.2 cm³/mol. The maximum Gasteiger partial charge on any atom is 0.251 e. The third-order valence-corrected chi connectivity index (χ3v) is 3.93.